The van der Waals surface area contributed by atoms with Crippen molar-refractivity contribution in [2.75, 3.05) is 0 Å². The van der Waals surface area contributed by atoms with Gasteiger partial charge in [-0.15, -0.1) is 23.0 Å². The van der Waals surface area contributed by atoms with Gasteiger partial charge in [0.05, 0.1) is 8.55 Å². The fourth-order valence-electron chi connectivity index (χ4n) is 0.347. The predicted octanol–water partition coefficient (Wildman–Crippen LogP) is 3.34. The van der Waals surface area contributed by atoms with E-state index < -0.39 is 0 Å². The molecule has 1 aromatic heterocycles. The minimum atomic E-state index is 0.821. The Morgan fingerprint density at radius 2 is 2.38 bits per heavy atom. The van der Waals surface area contributed by atoms with Crippen molar-refractivity contribution in [3.8, 4) is 0 Å². The van der Waals surface area contributed by atoms with Crippen LogP contribution in [0.2, 0.25) is 4.34 Å². The van der Waals surface area contributed by atoms with Crippen molar-refractivity contribution in [2.24, 2.45) is 0 Å². The third-order valence-electron chi connectivity index (χ3n) is 0.639. The van der Waals surface area contributed by atoms with E-state index in [1.807, 2.05) is 12.1 Å². The maximum atomic E-state index is 5.61. The lowest BCUT2D eigenvalue weighted by Crippen LogP contribution is -1.39. The molecule has 0 fully saturated rings. The molecule has 0 atom stereocenters. The largest absolute Gasteiger partial charge is 0.116 e. The summed E-state index contributed by atoms with van der Waals surface area (Å²) in [7, 11) is 1.42. The van der Waals surface area contributed by atoms with Crippen LogP contribution >= 0.6 is 45.4 Å². The van der Waals surface area contributed by atoms with Crippen molar-refractivity contribution >= 4 is 45.4 Å². The zero-order valence-corrected chi connectivity index (χ0v) is 7.08. The van der Waals surface area contributed by atoms with Gasteiger partial charge in [0.15, 0.2) is 0 Å². The molecule has 0 aliphatic heterocycles. The van der Waals surface area contributed by atoms with E-state index in [1.54, 1.807) is 0 Å². The molecule has 1 rings (SSSR count). The van der Waals surface area contributed by atoms with E-state index in [0.717, 1.165) is 8.55 Å². The Hall–Kier alpha value is 0.690. The zero-order chi connectivity index (χ0) is 5.98. The highest BCUT2D eigenvalue weighted by Gasteiger charge is 1.92. The average molecular weight is 183 g/mol. The van der Waals surface area contributed by atoms with Crippen molar-refractivity contribution in [2.45, 2.75) is 4.21 Å². The summed E-state index contributed by atoms with van der Waals surface area (Å²) in [5.41, 5.74) is 0. The summed E-state index contributed by atoms with van der Waals surface area (Å²) in [6.07, 6.45) is 0. The van der Waals surface area contributed by atoms with Crippen LogP contribution in [0.25, 0.3) is 0 Å². The topological polar surface area (TPSA) is 0 Å². The zero-order valence-electron chi connectivity index (χ0n) is 3.80. The standard InChI is InChI=1S/C4H3ClS3/c5-3-1-2-4(7-3)8-6/h1-2,6H. The van der Waals surface area contributed by atoms with Gasteiger partial charge in [0.2, 0.25) is 0 Å². The van der Waals surface area contributed by atoms with E-state index in [-0.39, 0.29) is 0 Å². The first-order chi connectivity index (χ1) is 3.83. The van der Waals surface area contributed by atoms with Gasteiger partial charge in [0.1, 0.15) is 0 Å². The number of thiophene rings is 1. The first kappa shape index (κ1) is 6.81. The van der Waals surface area contributed by atoms with Crippen LogP contribution in [0.15, 0.2) is 16.3 Å². The highest BCUT2D eigenvalue weighted by Crippen LogP contribution is 2.31. The summed E-state index contributed by atoms with van der Waals surface area (Å²) in [5.74, 6) is 0. The summed E-state index contributed by atoms with van der Waals surface area (Å²) < 4.78 is 1.96. The molecule has 44 valence electrons. The molecular formula is C4H3ClS3. The van der Waals surface area contributed by atoms with Crippen LogP contribution in [0.1, 0.15) is 0 Å². The second kappa shape index (κ2) is 3.01. The van der Waals surface area contributed by atoms with Crippen molar-refractivity contribution in [1.82, 2.24) is 0 Å². The van der Waals surface area contributed by atoms with Crippen LogP contribution in [0.3, 0.4) is 0 Å². The molecule has 0 saturated carbocycles. The summed E-state index contributed by atoms with van der Waals surface area (Å²) >= 11 is 11.1. The molecule has 1 heterocycles. The van der Waals surface area contributed by atoms with Crippen LogP contribution in [0.5, 0.6) is 0 Å². The Kier molecular flexibility index (Phi) is 2.56. The number of hydrogen-bond donors (Lipinski definition) is 1. The third kappa shape index (κ3) is 1.58. The molecule has 0 amide bonds. The molecule has 0 aromatic carbocycles. The smallest absolute Gasteiger partial charge is 0.0940 e. The van der Waals surface area contributed by atoms with Crippen molar-refractivity contribution in [1.29, 1.82) is 0 Å². The average Bonchev–Trinajstić information content (AvgIpc) is 2.14. The van der Waals surface area contributed by atoms with Gasteiger partial charge in [-0.1, -0.05) is 22.4 Å². The molecule has 0 aliphatic carbocycles. The molecular weight excluding hydrogens is 180 g/mol. The minimum Gasteiger partial charge on any atom is -0.116 e. The summed E-state index contributed by atoms with van der Waals surface area (Å²) in [4.78, 5) is 0. The molecule has 0 aliphatic rings. The Morgan fingerprint density at radius 1 is 1.62 bits per heavy atom. The summed E-state index contributed by atoms with van der Waals surface area (Å²) in [5, 5.41) is 0. The number of halogens is 1. The molecule has 0 radical (unpaired) electrons. The Bertz CT molecular complexity index is 172. The molecule has 0 N–H and O–H groups in total. The van der Waals surface area contributed by atoms with Gasteiger partial charge in [0.25, 0.3) is 0 Å². The normalized spacial score (nSPS) is 9.75. The summed E-state index contributed by atoms with van der Waals surface area (Å²) in [6, 6.07) is 3.81. The first-order valence-corrected chi connectivity index (χ1v) is 4.96. The molecule has 0 spiro atoms. The SMILES string of the molecule is SSc1ccc(Cl)s1. The molecule has 8 heavy (non-hydrogen) atoms. The van der Waals surface area contributed by atoms with E-state index >= 15 is 0 Å². The lowest BCUT2D eigenvalue weighted by atomic mass is 10.7. The van der Waals surface area contributed by atoms with Gasteiger partial charge in [0, 0.05) is 0 Å². The Morgan fingerprint density at radius 3 is 2.62 bits per heavy atom. The van der Waals surface area contributed by atoms with Crippen molar-refractivity contribution < 1.29 is 0 Å². The second-order valence-corrected chi connectivity index (χ2v) is 4.29. The monoisotopic (exact) mass is 182 g/mol. The van der Waals surface area contributed by atoms with Gasteiger partial charge in [-0.25, -0.2) is 0 Å². The van der Waals surface area contributed by atoms with E-state index in [0.29, 0.717) is 0 Å². The van der Waals surface area contributed by atoms with Crippen LogP contribution in [0.4, 0.5) is 0 Å². The fourth-order valence-corrected chi connectivity index (χ4v) is 2.33. The maximum Gasteiger partial charge on any atom is 0.0940 e. The van der Waals surface area contributed by atoms with Crippen LogP contribution in [0, 0.1) is 0 Å². The highest BCUT2D eigenvalue weighted by molar-refractivity contribution is 8.69. The predicted molar refractivity (Wildman–Crippen MR) is 44.2 cm³/mol. The quantitative estimate of drug-likeness (QED) is 0.514. The van der Waals surface area contributed by atoms with Crippen molar-refractivity contribution in [3.63, 3.8) is 0 Å². The fraction of sp³-hybridized carbons (Fsp3) is 0. The van der Waals surface area contributed by atoms with E-state index in [9.17, 15) is 0 Å². The van der Waals surface area contributed by atoms with Crippen LogP contribution in [-0.4, -0.2) is 0 Å². The van der Waals surface area contributed by atoms with Gasteiger partial charge in [-0.2, -0.15) is 0 Å². The molecule has 0 nitrogen and oxygen atoms in total. The van der Waals surface area contributed by atoms with Gasteiger partial charge >= 0.3 is 0 Å². The lowest BCUT2D eigenvalue weighted by Gasteiger charge is -1.78. The molecule has 0 saturated heterocycles. The van der Waals surface area contributed by atoms with Gasteiger partial charge in [-0.3, -0.25) is 0 Å². The third-order valence-corrected chi connectivity index (χ3v) is 3.44. The Labute approximate surface area is 66.1 Å². The number of rotatable bonds is 1. The van der Waals surface area contributed by atoms with Crippen LogP contribution < -0.4 is 0 Å². The van der Waals surface area contributed by atoms with Crippen LogP contribution in [-0.2, 0) is 0 Å². The highest BCUT2D eigenvalue weighted by atomic mass is 35.5. The van der Waals surface area contributed by atoms with Crippen molar-refractivity contribution in [3.05, 3.63) is 16.5 Å². The maximum absolute atomic E-state index is 5.61. The number of hydrogen-bond acceptors (Lipinski definition) is 3. The van der Waals surface area contributed by atoms with E-state index in [4.69, 9.17) is 11.6 Å². The Balaban J connectivity index is 2.84. The van der Waals surface area contributed by atoms with Gasteiger partial charge < -0.3 is 0 Å². The molecule has 4 heteroatoms. The lowest BCUT2D eigenvalue weighted by molar-refractivity contribution is 1.76. The molecule has 1 aromatic rings. The minimum absolute atomic E-state index is 0.821. The van der Waals surface area contributed by atoms with E-state index in [1.165, 1.54) is 22.1 Å². The second-order valence-electron chi connectivity index (χ2n) is 1.15. The van der Waals surface area contributed by atoms with E-state index in [2.05, 4.69) is 11.7 Å². The van der Waals surface area contributed by atoms with Gasteiger partial charge in [-0.05, 0) is 12.1 Å². The molecule has 0 unspecified atom stereocenters. The first-order valence-electron chi connectivity index (χ1n) is 1.89. The summed E-state index contributed by atoms with van der Waals surface area (Å²) in [6.45, 7) is 0. The number of thiol groups is 1. The molecule has 0 bridgehead atoms.